The van der Waals surface area contributed by atoms with Crippen LogP contribution in [0.1, 0.15) is 55.4 Å². The summed E-state index contributed by atoms with van der Waals surface area (Å²) in [6.45, 7) is 5.74. The Morgan fingerprint density at radius 2 is 1.44 bits per heavy atom. The molecule has 1 fully saturated rings. The molecule has 1 aliphatic rings. The van der Waals surface area contributed by atoms with Crippen LogP contribution in [0.5, 0.6) is 11.5 Å². The van der Waals surface area contributed by atoms with Gasteiger partial charge in [-0.25, -0.2) is 0 Å². The summed E-state index contributed by atoms with van der Waals surface area (Å²) in [5.41, 5.74) is 2.74. The fraction of sp³-hybridized carbons (Fsp3) is 0.308. The number of nitrogens with one attached hydrogen (secondary N) is 2. The molecule has 4 unspecified atom stereocenters. The zero-order chi connectivity index (χ0) is 34.4. The average molecular weight is 714 g/mol. The summed E-state index contributed by atoms with van der Waals surface area (Å²) in [4.78, 5) is 42.4. The van der Waals surface area contributed by atoms with E-state index < -0.39 is 41.0 Å². The van der Waals surface area contributed by atoms with Crippen LogP contribution in [0, 0.1) is 11.8 Å². The molecule has 3 N–H and O–H groups in total. The molecule has 2 amide bonds. The predicted octanol–water partition coefficient (Wildman–Crippen LogP) is 7.48. The van der Waals surface area contributed by atoms with E-state index in [4.69, 9.17) is 9.47 Å². The van der Waals surface area contributed by atoms with Crippen LogP contribution in [0.2, 0.25) is 0 Å². The highest BCUT2D eigenvalue weighted by molar-refractivity contribution is 9.10. The van der Waals surface area contributed by atoms with E-state index in [1.165, 1.54) is 14.0 Å². The minimum absolute atomic E-state index is 0.281. The van der Waals surface area contributed by atoms with Crippen molar-refractivity contribution in [2.45, 2.75) is 58.2 Å². The molecule has 4 aromatic carbocycles. The van der Waals surface area contributed by atoms with Gasteiger partial charge in [0, 0.05) is 28.2 Å². The molecule has 0 spiro atoms. The summed E-state index contributed by atoms with van der Waals surface area (Å²) >= 11 is 3.44. The number of benzene rings is 4. The second-order valence-electron chi connectivity index (χ2n) is 12.3. The average Bonchev–Trinajstić information content (AvgIpc) is 3.07. The van der Waals surface area contributed by atoms with E-state index in [1.807, 2.05) is 74.5 Å². The molecule has 0 bridgehead atoms. The number of rotatable bonds is 11. The van der Waals surface area contributed by atoms with Gasteiger partial charge < -0.3 is 25.2 Å². The Labute approximate surface area is 290 Å². The lowest BCUT2D eigenvalue weighted by Crippen LogP contribution is -2.56. The fourth-order valence-electron chi connectivity index (χ4n) is 6.57. The van der Waals surface area contributed by atoms with Crippen molar-refractivity contribution in [2.24, 2.45) is 11.8 Å². The normalized spacial score (nSPS) is 20.5. The van der Waals surface area contributed by atoms with Crippen LogP contribution >= 0.6 is 15.9 Å². The predicted molar refractivity (Wildman–Crippen MR) is 190 cm³/mol. The highest BCUT2D eigenvalue weighted by Gasteiger charge is 2.56. The zero-order valence-corrected chi connectivity index (χ0v) is 29.2. The minimum Gasteiger partial charge on any atom is -0.493 e. The highest BCUT2D eigenvalue weighted by Crippen LogP contribution is 2.48. The maximum atomic E-state index is 14.3. The third-order valence-corrected chi connectivity index (χ3v) is 9.55. The van der Waals surface area contributed by atoms with Gasteiger partial charge in [0.15, 0.2) is 11.5 Å². The quantitative estimate of drug-likeness (QED) is 0.139. The molecule has 0 heterocycles. The van der Waals surface area contributed by atoms with E-state index in [2.05, 4.69) is 26.6 Å². The summed E-state index contributed by atoms with van der Waals surface area (Å²) in [5.74, 6) is -4.13. The fourth-order valence-corrected chi connectivity index (χ4v) is 6.83. The number of halogens is 1. The first-order valence-electron chi connectivity index (χ1n) is 16.1. The van der Waals surface area contributed by atoms with Gasteiger partial charge in [0.2, 0.25) is 11.8 Å². The van der Waals surface area contributed by atoms with Crippen molar-refractivity contribution in [1.82, 2.24) is 0 Å². The lowest BCUT2D eigenvalue weighted by atomic mass is 9.61. The number of amides is 2. The third-order valence-electron chi connectivity index (χ3n) is 9.02. The van der Waals surface area contributed by atoms with Crippen molar-refractivity contribution >= 4 is 44.9 Å². The third kappa shape index (κ3) is 7.63. The number of Topliss-reactive ketones (excluding diaryl/α,β-unsaturated/α-hetero) is 1. The summed E-state index contributed by atoms with van der Waals surface area (Å²) in [6.07, 6.45) is 0.990. The number of aryl methyl sites for hydroxylation is 2. The Kier molecular flexibility index (Phi) is 11.0. The van der Waals surface area contributed by atoms with Gasteiger partial charge in [0.25, 0.3) is 0 Å². The maximum Gasteiger partial charge on any atom is 0.235 e. The second kappa shape index (κ2) is 15.2. The molecule has 0 radical (unpaired) electrons. The number of ketones is 1. The number of ether oxygens (including phenoxy) is 2. The van der Waals surface area contributed by atoms with Crippen molar-refractivity contribution in [3.8, 4) is 11.5 Å². The van der Waals surface area contributed by atoms with E-state index in [1.54, 1.807) is 30.3 Å². The summed E-state index contributed by atoms with van der Waals surface area (Å²) in [5, 5.41) is 17.8. The summed E-state index contributed by atoms with van der Waals surface area (Å²) in [6, 6.07) is 27.8. The van der Waals surface area contributed by atoms with Gasteiger partial charge in [-0.3, -0.25) is 14.4 Å². The van der Waals surface area contributed by atoms with Gasteiger partial charge in [0.1, 0.15) is 18.3 Å². The van der Waals surface area contributed by atoms with E-state index in [-0.39, 0.29) is 13.0 Å². The molecule has 0 saturated heterocycles. The molecule has 4 atom stereocenters. The van der Waals surface area contributed by atoms with Crippen LogP contribution in [-0.4, -0.2) is 35.4 Å². The van der Waals surface area contributed by atoms with Gasteiger partial charge in [-0.15, -0.1) is 0 Å². The molecule has 0 aromatic heterocycles. The first-order chi connectivity index (χ1) is 23.1. The second-order valence-corrected chi connectivity index (χ2v) is 13.2. The Morgan fingerprint density at radius 1 is 0.854 bits per heavy atom. The van der Waals surface area contributed by atoms with Crippen molar-refractivity contribution in [2.75, 3.05) is 17.7 Å². The number of anilines is 2. The number of carbonyl (C=O) groups excluding carboxylic acids is 3. The lowest BCUT2D eigenvalue weighted by molar-refractivity contribution is -0.150. The molecular weight excluding hydrogens is 672 g/mol. The summed E-state index contributed by atoms with van der Waals surface area (Å²) < 4.78 is 12.8. The van der Waals surface area contributed by atoms with Crippen molar-refractivity contribution < 1.29 is 29.0 Å². The van der Waals surface area contributed by atoms with Gasteiger partial charge in [-0.1, -0.05) is 84.4 Å². The van der Waals surface area contributed by atoms with Gasteiger partial charge in [0.05, 0.1) is 18.6 Å². The number of carbonyl (C=O) groups is 3. The topological polar surface area (TPSA) is 114 Å². The Balaban J connectivity index is 1.57. The number of para-hydroxylation sites is 2. The van der Waals surface area contributed by atoms with Gasteiger partial charge in [-0.05, 0) is 78.4 Å². The van der Waals surface area contributed by atoms with Crippen LogP contribution in [0.4, 0.5) is 11.4 Å². The van der Waals surface area contributed by atoms with Crippen molar-refractivity contribution in [3.05, 3.63) is 118 Å². The molecule has 8 nitrogen and oxygen atoms in total. The zero-order valence-electron chi connectivity index (χ0n) is 27.6. The van der Waals surface area contributed by atoms with Crippen molar-refractivity contribution in [3.63, 3.8) is 0 Å². The van der Waals surface area contributed by atoms with Gasteiger partial charge in [-0.2, -0.15) is 0 Å². The SMILES string of the molecule is CCc1ccccc1NC(=O)C1C(=O)CC(C)(O)C(C(=O)Nc2ccccc2CC)C1c1ccc(OCc2ccc(Br)cc2)c(OC)c1. The maximum absolute atomic E-state index is 14.3. The Hall–Kier alpha value is -4.47. The molecule has 5 rings (SSSR count). The van der Waals surface area contributed by atoms with Gasteiger partial charge >= 0.3 is 0 Å². The smallest absolute Gasteiger partial charge is 0.235 e. The Morgan fingerprint density at radius 3 is 2.02 bits per heavy atom. The molecule has 1 aliphatic carbocycles. The first kappa shape index (κ1) is 34.9. The van der Waals surface area contributed by atoms with Crippen LogP contribution < -0.4 is 20.1 Å². The molecule has 48 heavy (non-hydrogen) atoms. The van der Waals surface area contributed by atoms with Crippen LogP contribution in [0.15, 0.2) is 95.5 Å². The van der Waals surface area contributed by atoms with E-state index in [0.717, 1.165) is 21.2 Å². The van der Waals surface area contributed by atoms with Crippen LogP contribution in [0.3, 0.4) is 0 Å². The van der Waals surface area contributed by atoms with E-state index in [0.29, 0.717) is 41.3 Å². The monoisotopic (exact) mass is 712 g/mol. The van der Waals surface area contributed by atoms with Crippen LogP contribution in [0.25, 0.3) is 0 Å². The largest absolute Gasteiger partial charge is 0.493 e. The lowest BCUT2D eigenvalue weighted by Gasteiger charge is -2.44. The standard InChI is InChI=1S/C39H41BrN2O6/c1-5-25-11-7-9-13-29(25)41-37(44)35-31(43)22-39(3,46)36(38(45)42-30-14-10-8-12-26(30)6-2)34(35)27-17-20-32(33(21-27)47-4)48-23-24-15-18-28(40)19-16-24/h7-21,34-36,46H,5-6,22-23H2,1-4H3,(H,41,44)(H,42,45). The summed E-state index contributed by atoms with van der Waals surface area (Å²) in [7, 11) is 1.51. The minimum atomic E-state index is -1.75. The number of methoxy groups -OCH3 is 1. The molecule has 250 valence electrons. The highest BCUT2D eigenvalue weighted by atomic mass is 79.9. The number of hydrogen-bond acceptors (Lipinski definition) is 6. The van der Waals surface area contributed by atoms with E-state index >= 15 is 0 Å². The van der Waals surface area contributed by atoms with Crippen molar-refractivity contribution in [1.29, 1.82) is 0 Å². The molecular formula is C39H41BrN2O6. The molecule has 4 aromatic rings. The number of aliphatic hydroxyl groups is 1. The molecule has 1 saturated carbocycles. The Bertz CT molecular complexity index is 1790. The molecule has 0 aliphatic heterocycles. The number of hydrogen-bond donors (Lipinski definition) is 3. The first-order valence-corrected chi connectivity index (χ1v) is 16.9. The van der Waals surface area contributed by atoms with E-state index in [9.17, 15) is 19.5 Å². The molecule has 9 heteroatoms. The van der Waals surface area contributed by atoms with Crippen LogP contribution in [-0.2, 0) is 33.8 Å².